The smallest absolute Gasteiger partial charge is 0.241 e. The Morgan fingerprint density at radius 2 is 1.96 bits per heavy atom. The minimum Gasteiger partial charge on any atom is -0.376 e. The van der Waals surface area contributed by atoms with Gasteiger partial charge in [-0.1, -0.05) is 23.2 Å². The molecular weight excluding hydrogens is 359 g/mol. The molecule has 0 spiro atoms. The summed E-state index contributed by atoms with van der Waals surface area (Å²) < 4.78 is 33.8. The van der Waals surface area contributed by atoms with Gasteiger partial charge in [-0.05, 0) is 38.0 Å². The molecule has 1 aromatic rings. The van der Waals surface area contributed by atoms with Crippen molar-refractivity contribution in [2.75, 3.05) is 19.7 Å². The Kier molecular flexibility index (Phi) is 4.93. The molecule has 0 unspecified atom stereocenters. The van der Waals surface area contributed by atoms with Crippen molar-refractivity contribution in [3.63, 3.8) is 0 Å². The van der Waals surface area contributed by atoms with Crippen LogP contribution in [0.1, 0.15) is 18.9 Å². The lowest BCUT2D eigenvalue weighted by Crippen LogP contribution is -2.45. The van der Waals surface area contributed by atoms with Gasteiger partial charge in [0.15, 0.2) is 0 Å². The summed E-state index contributed by atoms with van der Waals surface area (Å²) in [6.45, 7) is 5.95. The Hall–Kier alpha value is -0.370. The van der Waals surface area contributed by atoms with Gasteiger partial charge in [-0.3, -0.25) is 4.90 Å². The molecule has 2 fully saturated rings. The normalized spacial score (nSPS) is 28.8. The maximum Gasteiger partial charge on any atom is 0.241 e. The van der Waals surface area contributed by atoms with Crippen LogP contribution in [0.2, 0.25) is 10.0 Å². The standard InChI is InChI=1S/C15H20Cl2N2O3S/c1-9-3-13(16)14(17)5-15(9)23(20,21)18-11-4-12-8-22-10(2)6-19(12)7-11/h3,5,10-12,18H,4,6-8H2,1-2H3/t10-,11+,12-/m0/s1. The minimum atomic E-state index is -3.63. The number of nitrogens with one attached hydrogen (secondary N) is 1. The van der Waals surface area contributed by atoms with Crippen LogP contribution in [0, 0.1) is 6.92 Å². The molecule has 0 aliphatic carbocycles. The van der Waals surface area contributed by atoms with Gasteiger partial charge in [0.1, 0.15) is 0 Å². The number of benzene rings is 1. The fourth-order valence-electron chi connectivity index (χ4n) is 3.33. The summed E-state index contributed by atoms with van der Waals surface area (Å²) in [7, 11) is -3.63. The molecule has 0 saturated carbocycles. The molecule has 3 rings (SSSR count). The number of rotatable bonds is 3. The van der Waals surface area contributed by atoms with Crippen molar-refractivity contribution in [1.82, 2.24) is 9.62 Å². The maximum absolute atomic E-state index is 12.7. The molecule has 2 aliphatic rings. The fourth-order valence-corrected chi connectivity index (χ4v) is 5.26. The van der Waals surface area contributed by atoms with Crippen LogP contribution >= 0.6 is 23.2 Å². The summed E-state index contributed by atoms with van der Waals surface area (Å²) in [6.07, 6.45) is 0.950. The zero-order chi connectivity index (χ0) is 16.8. The van der Waals surface area contributed by atoms with Crippen LogP contribution in [-0.4, -0.2) is 51.2 Å². The molecule has 3 atom stereocenters. The van der Waals surface area contributed by atoms with Crippen LogP contribution in [0.5, 0.6) is 0 Å². The van der Waals surface area contributed by atoms with E-state index in [9.17, 15) is 8.42 Å². The second-order valence-corrected chi connectivity index (χ2v) is 8.83. The minimum absolute atomic E-state index is 0.118. The van der Waals surface area contributed by atoms with Crippen LogP contribution < -0.4 is 4.72 Å². The van der Waals surface area contributed by atoms with Crippen molar-refractivity contribution in [2.45, 2.75) is 43.4 Å². The second kappa shape index (κ2) is 6.50. The summed E-state index contributed by atoms with van der Waals surface area (Å²) in [6, 6.07) is 3.16. The van der Waals surface area contributed by atoms with Crippen molar-refractivity contribution in [1.29, 1.82) is 0 Å². The summed E-state index contributed by atoms with van der Waals surface area (Å²) in [5, 5.41) is 0.593. The summed E-state index contributed by atoms with van der Waals surface area (Å²) >= 11 is 11.9. The third kappa shape index (κ3) is 3.67. The molecule has 0 amide bonds. The first-order valence-electron chi connectivity index (χ1n) is 7.60. The molecule has 0 radical (unpaired) electrons. The van der Waals surface area contributed by atoms with Gasteiger partial charge in [0.25, 0.3) is 0 Å². The third-order valence-corrected chi connectivity index (χ3v) is 6.81. The quantitative estimate of drug-likeness (QED) is 0.877. The molecule has 0 aromatic heterocycles. The molecule has 0 bridgehead atoms. The molecule has 8 heteroatoms. The average Bonchev–Trinajstić information content (AvgIpc) is 2.83. The van der Waals surface area contributed by atoms with Gasteiger partial charge in [-0.2, -0.15) is 0 Å². The van der Waals surface area contributed by atoms with Gasteiger partial charge in [-0.25, -0.2) is 13.1 Å². The lowest BCUT2D eigenvalue weighted by Gasteiger charge is -2.33. The number of ether oxygens (including phenoxy) is 1. The highest BCUT2D eigenvalue weighted by atomic mass is 35.5. The molecule has 23 heavy (non-hydrogen) atoms. The van der Waals surface area contributed by atoms with Crippen LogP contribution in [0.15, 0.2) is 17.0 Å². The van der Waals surface area contributed by atoms with E-state index in [1.807, 2.05) is 6.92 Å². The van der Waals surface area contributed by atoms with Crippen LogP contribution in [-0.2, 0) is 14.8 Å². The highest BCUT2D eigenvalue weighted by molar-refractivity contribution is 7.89. The third-order valence-electron chi connectivity index (χ3n) is 4.42. The Morgan fingerprint density at radius 3 is 2.70 bits per heavy atom. The van der Waals surface area contributed by atoms with E-state index in [0.29, 0.717) is 23.7 Å². The molecule has 5 nitrogen and oxygen atoms in total. The number of nitrogens with zero attached hydrogens (tertiary/aromatic N) is 1. The summed E-state index contributed by atoms with van der Waals surface area (Å²) in [5.74, 6) is 0. The topological polar surface area (TPSA) is 58.6 Å². The van der Waals surface area contributed by atoms with E-state index < -0.39 is 10.0 Å². The summed E-state index contributed by atoms with van der Waals surface area (Å²) in [5.41, 5.74) is 0.583. The Labute approximate surface area is 146 Å². The molecule has 2 heterocycles. The molecular formula is C15H20Cl2N2O3S. The van der Waals surface area contributed by atoms with E-state index in [-0.39, 0.29) is 28.1 Å². The monoisotopic (exact) mass is 378 g/mol. The van der Waals surface area contributed by atoms with E-state index in [0.717, 1.165) is 13.0 Å². The molecule has 1 aromatic carbocycles. The van der Waals surface area contributed by atoms with E-state index in [4.69, 9.17) is 27.9 Å². The van der Waals surface area contributed by atoms with Crippen molar-refractivity contribution < 1.29 is 13.2 Å². The second-order valence-electron chi connectivity index (χ2n) is 6.34. The fraction of sp³-hybridized carbons (Fsp3) is 0.600. The highest BCUT2D eigenvalue weighted by Gasteiger charge is 2.38. The van der Waals surface area contributed by atoms with E-state index in [1.165, 1.54) is 6.07 Å². The van der Waals surface area contributed by atoms with Crippen LogP contribution in [0.3, 0.4) is 0 Å². The number of halogens is 2. The van der Waals surface area contributed by atoms with Gasteiger partial charge in [0, 0.05) is 25.2 Å². The molecule has 2 saturated heterocycles. The molecule has 1 N–H and O–H groups in total. The average molecular weight is 379 g/mol. The Morgan fingerprint density at radius 1 is 1.26 bits per heavy atom. The largest absolute Gasteiger partial charge is 0.376 e. The lowest BCUT2D eigenvalue weighted by atomic mass is 10.2. The van der Waals surface area contributed by atoms with Crippen molar-refractivity contribution in [3.8, 4) is 0 Å². The van der Waals surface area contributed by atoms with Crippen molar-refractivity contribution in [3.05, 3.63) is 27.7 Å². The Balaban J connectivity index is 1.76. The predicted molar refractivity (Wildman–Crippen MR) is 90.7 cm³/mol. The van der Waals surface area contributed by atoms with E-state index in [2.05, 4.69) is 9.62 Å². The van der Waals surface area contributed by atoms with Gasteiger partial charge >= 0.3 is 0 Å². The number of fused-ring (bicyclic) bond motifs is 1. The first kappa shape index (κ1) is 17.5. The van der Waals surface area contributed by atoms with Crippen molar-refractivity contribution >= 4 is 33.2 Å². The van der Waals surface area contributed by atoms with Gasteiger partial charge in [0.2, 0.25) is 10.0 Å². The maximum atomic E-state index is 12.7. The van der Waals surface area contributed by atoms with Gasteiger partial charge in [-0.15, -0.1) is 0 Å². The zero-order valence-corrected chi connectivity index (χ0v) is 15.4. The van der Waals surface area contributed by atoms with Crippen molar-refractivity contribution in [2.24, 2.45) is 0 Å². The summed E-state index contributed by atoms with van der Waals surface area (Å²) in [4.78, 5) is 2.48. The predicted octanol–water partition coefficient (Wildman–Crippen LogP) is 2.44. The molecule has 128 valence electrons. The van der Waals surface area contributed by atoms with Crippen LogP contribution in [0.25, 0.3) is 0 Å². The Bertz CT molecular complexity index is 711. The first-order chi connectivity index (χ1) is 10.8. The highest BCUT2D eigenvalue weighted by Crippen LogP contribution is 2.29. The van der Waals surface area contributed by atoms with Gasteiger partial charge < -0.3 is 4.74 Å². The van der Waals surface area contributed by atoms with E-state index >= 15 is 0 Å². The molecule has 2 aliphatic heterocycles. The SMILES string of the molecule is Cc1cc(Cl)c(Cl)cc1S(=O)(=O)N[C@@H]1C[C@H]2CO[C@@H](C)CN2C1. The zero-order valence-electron chi connectivity index (χ0n) is 13.1. The van der Waals surface area contributed by atoms with Crippen LogP contribution in [0.4, 0.5) is 0 Å². The van der Waals surface area contributed by atoms with Gasteiger partial charge in [0.05, 0.1) is 27.7 Å². The number of aryl methyl sites for hydroxylation is 1. The lowest BCUT2D eigenvalue weighted by molar-refractivity contribution is -0.0390. The number of morpholine rings is 1. The number of hydrogen-bond donors (Lipinski definition) is 1. The number of sulfonamides is 1. The van der Waals surface area contributed by atoms with E-state index in [1.54, 1.807) is 13.0 Å². The first-order valence-corrected chi connectivity index (χ1v) is 9.84. The number of hydrogen-bond acceptors (Lipinski definition) is 4.